The number of hydrogen-bond donors (Lipinski definition) is 1. The van der Waals surface area contributed by atoms with Gasteiger partial charge in [-0.2, -0.15) is 0 Å². The van der Waals surface area contributed by atoms with Crippen molar-refractivity contribution >= 4 is 21.7 Å². The zero-order valence-corrected chi connectivity index (χ0v) is 6.85. The van der Waals surface area contributed by atoms with E-state index in [1.807, 2.05) is 21.7 Å². The van der Waals surface area contributed by atoms with E-state index in [1.54, 1.807) is 0 Å². The molecule has 0 saturated heterocycles. The second-order valence-corrected chi connectivity index (χ2v) is 2.26. The molecule has 2 heteroatoms. The number of hydrogen-bond acceptors (Lipinski definition) is 1. The summed E-state index contributed by atoms with van der Waals surface area (Å²) in [5, 5.41) is 7.00. The van der Waals surface area contributed by atoms with E-state index in [0.29, 0.717) is 0 Å². The first-order valence-corrected chi connectivity index (χ1v) is 3.51. The summed E-state index contributed by atoms with van der Waals surface area (Å²) in [4.78, 5) is 0. The van der Waals surface area contributed by atoms with Crippen LogP contribution in [0.15, 0.2) is 0 Å². The lowest BCUT2D eigenvalue weighted by molar-refractivity contribution is 0.399. The average molecular weight is 113 g/mol. The number of rotatable bonds is 1. The van der Waals surface area contributed by atoms with E-state index in [9.17, 15) is 0 Å². The van der Waals surface area contributed by atoms with Crippen molar-refractivity contribution in [2.75, 3.05) is 7.11 Å². The van der Waals surface area contributed by atoms with Crippen molar-refractivity contribution in [3.63, 3.8) is 0 Å². The molecule has 0 amide bonds. The van der Waals surface area contributed by atoms with Crippen LogP contribution in [0.4, 0.5) is 0 Å². The van der Waals surface area contributed by atoms with Crippen LogP contribution in [0, 0.1) is 5.92 Å². The Morgan fingerprint density at radius 2 is 1.57 bits per heavy atom. The molecule has 0 aromatic rings. The van der Waals surface area contributed by atoms with E-state index < -0.39 is 0 Å². The van der Waals surface area contributed by atoms with E-state index in [-0.39, 0.29) is 0 Å². The molecule has 0 fully saturated rings. The minimum Gasteiger partial charge on any atom is -0.400 e. The number of aliphatic hydroxyl groups excluding tert-OH is 1. The zero-order chi connectivity index (χ0) is 6.28. The molecule has 0 bridgehead atoms. The Morgan fingerprint density at radius 1 is 1.43 bits per heavy atom. The lowest BCUT2D eigenvalue weighted by Crippen LogP contribution is -1.80. The van der Waals surface area contributed by atoms with Crippen molar-refractivity contribution in [2.24, 2.45) is 5.92 Å². The first-order chi connectivity index (χ1) is 3.27. The highest BCUT2D eigenvalue weighted by Crippen LogP contribution is 1.92. The van der Waals surface area contributed by atoms with Crippen LogP contribution in [-0.4, -0.2) is 33.9 Å². The summed E-state index contributed by atoms with van der Waals surface area (Å²) < 4.78 is 1.33. The van der Waals surface area contributed by atoms with Crippen LogP contribution in [0.1, 0.15) is 13.8 Å². The summed E-state index contributed by atoms with van der Waals surface area (Å²) in [5.41, 5.74) is 0. The Bertz CT molecular complexity index is 22.0. The largest absolute Gasteiger partial charge is 1.41 e. The van der Waals surface area contributed by atoms with Crippen molar-refractivity contribution in [1.29, 1.82) is 0 Å². The molecule has 0 saturated carbocycles. The summed E-state index contributed by atoms with van der Waals surface area (Å²) in [6.45, 7) is 4.46. The molecule has 0 unspecified atom stereocenters. The molecule has 39 valence electrons. The highest BCUT2D eigenvalue weighted by atomic mass is 24.4. The first kappa shape index (κ1) is 10.7. The zero-order valence-electron chi connectivity index (χ0n) is 5.44. The average Bonchev–Trinajstić information content (AvgIpc) is 1.73. The second-order valence-electron chi connectivity index (χ2n) is 1.68. The smallest absolute Gasteiger partial charge is 0.400 e. The molecule has 0 aliphatic rings. The topological polar surface area (TPSA) is 20.2 Å². The summed E-state index contributed by atoms with van der Waals surface area (Å²) in [6.07, 6.45) is 0. The molecule has 0 aromatic heterocycles. The van der Waals surface area contributed by atoms with Gasteiger partial charge < -0.3 is 5.11 Å². The Labute approximate surface area is 58.6 Å². The van der Waals surface area contributed by atoms with Crippen LogP contribution >= 0.6 is 0 Å². The molecule has 0 aliphatic heterocycles. The minimum absolute atomic E-state index is 0.897. The molecule has 7 heavy (non-hydrogen) atoms. The van der Waals surface area contributed by atoms with Crippen molar-refractivity contribution in [1.82, 2.24) is 0 Å². The molecule has 0 aromatic carbocycles. The summed E-state index contributed by atoms with van der Waals surface area (Å²) >= 11 is 2.03. The van der Waals surface area contributed by atoms with Gasteiger partial charge in [-0.1, -0.05) is 13.8 Å². The Kier molecular flexibility index (Phi) is 15.0. The molecule has 0 spiro atoms. The van der Waals surface area contributed by atoms with Gasteiger partial charge in [0.05, 0.1) is 0 Å². The number of aliphatic hydroxyl groups is 1. The maximum atomic E-state index is 7.00. The van der Waals surface area contributed by atoms with Gasteiger partial charge in [0.2, 0.25) is 0 Å². The molecule has 0 atom stereocenters. The predicted octanol–water partition coefficient (Wildman–Crippen LogP) is 0.838. The third-order valence-electron chi connectivity index (χ3n) is 0.577. The normalized spacial score (nSPS) is 7.71. The Hall–Kier alpha value is 0.726. The van der Waals surface area contributed by atoms with Gasteiger partial charge in [-0.05, 0) is 0 Å². The Balaban J connectivity index is 0. The minimum atomic E-state index is 0.897. The van der Waals surface area contributed by atoms with E-state index in [0.717, 1.165) is 13.0 Å². The van der Waals surface area contributed by atoms with Crippen LogP contribution in [0.3, 0.4) is 0 Å². The fourth-order valence-corrected chi connectivity index (χ4v) is 0. The van der Waals surface area contributed by atoms with Crippen LogP contribution in [0.25, 0.3) is 0 Å². The lowest BCUT2D eigenvalue weighted by atomic mass is 10.3. The Morgan fingerprint density at radius 3 is 1.57 bits per heavy atom. The molecule has 1 nitrogen and oxygen atoms in total. The first-order valence-electron chi connectivity index (χ1n) is 2.51. The van der Waals surface area contributed by atoms with Crippen LogP contribution in [-0.2, 0) is 0 Å². The molecule has 7 radical (unpaired) electrons. The highest BCUT2D eigenvalue weighted by molar-refractivity contribution is 6.08. The van der Waals surface area contributed by atoms with E-state index >= 15 is 0 Å². The lowest BCUT2D eigenvalue weighted by Gasteiger charge is -1.75. The van der Waals surface area contributed by atoms with Gasteiger partial charge in [-0.25, -0.2) is 0 Å². The van der Waals surface area contributed by atoms with E-state index in [4.69, 9.17) is 5.11 Å². The van der Waals surface area contributed by atoms with Gasteiger partial charge in [-0.3, -0.25) is 0 Å². The highest BCUT2D eigenvalue weighted by Gasteiger charge is 2.24. The third kappa shape index (κ3) is 20.2. The van der Waals surface area contributed by atoms with Crippen LogP contribution in [0.2, 0.25) is 4.55 Å². The molecule has 0 heterocycles. The van der Waals surface area contributed by atoms with Crippen LogP contribution in [0.5, 0.6) is 0 Å². The van der Waals surface area contributed by atoms with E-state index in [1.165, 1.54) is 4.55 Å². The van der Waals surface area contributed by atoms with Gasteiger partial charge in [0.1, 0.15) is 0 Å². The van der Waals surface area contributed by atoms with Gasteiger partial charge >= 0.3 is 21.7 Å². The van der Waals surface area contributed by atoms with Gasteiger partial charge in [0.25, 0.3) is 4.55 Å². The molecule has 1 N–H and O–H groups in total. The summed E-state index contributed by atoms with van der Waals surface area (Å²) in [5.74, 6) is 0.897. The maximum absolute atomic E-state index is 7.00. The predicted molar refractivity (Wildman–Crippen MR) is 33.5 cm³/mol. The van der Waals surface area contributed by atoms with Crippen molar-refractivity contribution in [3.8, 4) is 0 Å². The maximum Gasteiger partial charge on any atom is 1.41 e. The SMILES string of the molecule is CC(C)[CH2][Mg+2].CO. The van der Waals surface area contributed by atoms with Crippen molar-refractivity contribution in [3.05, 3.63) is 0 Å². The standard InChI is InChI=1S/C4H9.CH4O.Mg/c1-4(2)3;1-2;/h4H,1H2,2-3H3;2H,1H3;/q;;+2. The summed E-state index contributed by atoms with van der Waals surface area (Å²) in [7, 11) is 1.00. The fraction of sp³-hybridized carbons (Fsp3) is 1.00. The third-order valence-corrected chi connectivity index (χ3v) is 1.73. The molecule has 0 rings (SSSR count). The van der Waals surface area contributed by atoms with Gasteiger partial charge in [0.15, 0.2) is 0 Å². The van der Waals surface area contributed by atoms with Crippen LogP contribution < -0.4 is 0 Å². The quantitative estimate of drug-likeness (QED) is 0.500. The molecular formula is C5H13MgO+2. The van der Waals surface area contributed by atoms with Crippen molar-refractivity contribution in [2.45, 2.75) is 18.4 Å². The summed E-state index contributed by atoms with van der Waals surface area (Å²) in [6, 6.07) is 0. The van der Waals surface area contributed by atoms with Gasteiger partial charge in [-0.15, -0.1) is 0 Å². The fourth-order valence-electron chi connectivity index (χ4n) is 0. The second kappa shape index (κ2) is 9.87. The molecule has 0 aliphatic carbocycles. The van der Waals surface area contributed by atoms with Crippen molar-refractivity contribution < 1.29 is 5.11 Å². The van der Waals surface area contributed by atoms with Gasteiger partial charge in [0, 0.05) is 13.0 Å². The monoisotopic (exact) mass is 113 g/mol. The van der Waals surface area contributed by atoms with E-state index in [2.05, 4.69) is 13.8 Å². The molecular weight excluding hydrogens is 100 g/mol.